The molecule has 124 valence electrons. The van der Waals surface area contributed by atoms with E-state index >= 15 is 0 Å². The Morgan fingerprint density at radius 2 is 2.13 bits per heavy atom. The molecule has 1 atom stereocenters. The fourth-order valence-electron chi connectivity index (χ4n) is 2.23. The van der Waals surface area contributed by atoms with Crippen LogP contribution in [0.2, 0.25) is 0 Å². The number of hydrogen-bond acceptors (Lipinski definition) is 4. The van der Waals surface area contributed by atoms with Crippen LogP contribution in [-0.2, 0) is 17.8 Å². The van der Waals surface area contributed by atoms with Crippen molar-refractivity contribution in [1.29, 1.82) is 0 Å². The minimum atomic E-state index is -0.0703. The van der Waals surface area contributed by atoms with Gasteiger partial charge in [0.15, 0.2) is 5.78 Å². The second kappa shape index (κ2) is 7.08. The highest BCUT2D eigenvalue weighted by atomic mass is 32.1. The van der Waals surface area contributed by atoms with Crippen molar-refractivity contribution in [2.24, 2.45) is 5.41 Å². The van der Waals surface area contributed by atoms with Gasteiger partial charge in [-0.05, 0) is 29.3 Å². The van der Waals surface area contributed by atoms with Gasteiger partial charge in [-0.25, -0.2) is 4.98 Å². The number of Topliss-reactive ketones (excluding diaryl/α,β-unsaturated/α-hetero) is 1. The van der Waals surface area contributed by atoms with Gasteiger partial charge in [-0.1, -0.05) is 20.8 Å². The minimum absolute atomic E-state index is 0.00452. The van der Waals surface area contributed by atoms with Gasteiger partial charge in [-0.3, -0.25) is 9.59 Å². The van der Waals surface area contributed by atoms with Gasteiger partial charge in [0.25, 0.3) is 0 Å². The number of rotatable bonds is 6. The number of thiophene rings is 1. The summed E-state index contributed by atoms with van der Waals surface area (Å²) in [6, 6.07) is 1.80. The molecule has 0 radical (unpaired) electrons. The molecule has 0 saturated heterocycles. The van der Waals surface area contributed by atoms with Crippen molar-refractivity contribution in [3.8, 4) is 0 Å². The first-order chi connectivity index (χ1) is 10.8. The van der Waals surface area contributed by atoms with E-state index in [2.05, 4.69) is 31.1 Å². The molecule has 23 heavy (non-hydrogen) atoms. The van der Waals surface area contributed by atoms with E-state index in [9.17, 15) is 9.59 Å². The number of nitrogens with zero attached hydrogens (tertiary/aromatic N) is 2. The molecule has 0 spiro atoms. The first-order valence-corrected chi connectivity index (χ1v) is 8.47. The summed E-state index contributed by atoms with van der Waals surface area (Å²) >= 11 is 1.39. The summed E-state index contributed by atoms with van der Waals surface area (Å²) in [6.45, 7) is 8.53. The Bertz CT molecular complexity index is 668. The third-order valence-electron chi connectivity index (χ3n) is 3.70. The summed E-state index contributed by atoms with van der Waals surface area (Å²) in [6.07, 6.45) is 5.67. The maximum Gasteiger partial charge on any atom is 0.224 e. The van der Waals surface area contributed by atoms with Crippen LogP contribution < -0.4 is 5.32 Å². The van der Waals surface area contributed by atoms with Crippen LogP contribution in [0.1, 0.15) is 42.9 Å². The zero-order chi connectivity index (χ0) is 17.0. The van der Waals surface area contributed by atoms with Crippen LogP contribution in [0.5, 0.6) is 0 Å². The van der Waals surface area contributed by atoms with Crippen molar-refractivity contribution in [1.82, 2.24) is 14.9 Å². The number of carbonyl (C=O) groups is 2. The predicted molar refractivity (Wildman–Crippen MR) is 91.6 cm³/mol. The molecule has 0 saturated carbocycles. The number of carbonyl (C=O) groups excluding carboxylic acids is 2. The molecule has 6 heteroatoms. The van der Waals surface area contributed by atoms with Crippen LogP contribution in [0.25, 0.3) is 0 Å². The van der Waals surface area contributed by atoms with Crippen LogP contribution in [0.4, 0.5) is 0 Å². The molecule has 2 aromatic rings. The lowest BCUT2D eigenvalue weighted by Gasteiger charge is -2.31. The Morgan fingerprint density at radius 1 is 1.39 bits per heavy atom. The minimum Gasteiger partial charge on any atom is -0.351 e. The average molecular weight is 333 g/mol. The summed E-state index contributed by atoms with van der Waals surface area (Å²) in [5.41, 5.74) is 0.812. The van der Waals surface area contributed by atoms with E-state index in [1.165, 1.54) is 18.3 Å². The van der Waals surface area contributed by atoms with E-state index < -0.39 is 0 Å². The van der Waals surface area contributed by atoms with Gasteiger partial charge in [0.1, 0.15) is 0 Å². The number of hydrogen-bond donors (Lipinski definition) is 1. The van der Waals surface area contributed by atoms with Crippen molar-refractivity contribution in [2.75, 3.05) is 0 Å². The molecule has 0 unspecified atom stereocenters. The van der Waals surface area contributed by atoms with Crippen LogP contribution in [-0.4, -0.2) is 27.3 Å². The normalized spacial score (nSPS) is 12.9. The molecule has 2 rings (SSSR count). The first kappa shape index (κ1) is 17.4. The van der Waals surface area contributed by atoms with Gasteiger partial charge >= 0.3 is 0 Å². The van der Waals surface area contributed by atoms with Gasteiger partial charge in [0.2, 0.25) is 5.91 Å². The highest BCUT2D eigenvalue weighted by Gasteiger charge is 2.26. The second-order valence-electron chi connectivity index (χ2n) is 6.80. The smallest absolute Gasteiger partial charge is 0.224 e. The maximum absolute atomic E-state index is 12.4. The zero-order valence-corrected chi connectivity index (χ0v) is 14.8. The van der Waals surface area contributed by atoms with E-state index in [0.717, 1.165) is 5.56 Å². The molecule has 2 aromatic heterocycles. The van der Waals surface area contributed by atoms with Crippen molar-refractivity contribution in [3.63, 3.8) is 0 Å². The van der Waals surface area contributed by atoms with Gasteiger partial charge < -0.3 is 9.88 Å². The molecule has 0 aliphatic rings. The molecule has 1 amide bonds. The molecular formula is C17H23N3O2S. The number of nitrogens with one attached hydrogen (secondary N) is 1. The average Bonchev–Trinajstić information content (AvgIpc) is 3.08. The Kier molecular flexibility index (Phi) is 5.36. The summed E-state index contributed by atoms with van der Waals surface area (Å²) in [5, 5.41) is 4.99. The van der Waals surface area contributed by atoms with Gasteiger partial charge in [0, 0.05) is 18.9 Å². The summed E-state index contributed by atoms with van der Waals surface area (Å²) in [4.78, 5) is 28.4. The largest absolute Gasteiger partial charge is 0.351 e. The molecule has 1 N–H and O–H groups in total. The molecular weight excluding hydrogens is 310 g/mol. The fourth-order valence-corrected chi connectivity index (χ4v) is 3.04. The fraction of sp³-hybridized carbons (Fsp3) is 0.471. The van der Waals surface area contributed by atoms with Crippen molar-refractivity contribution < 1.29 is 9.59 Å². The lowest BCUT2D eigenvalue weighted by molar-refractivity contribution is -0.122. The van der Waals surface area contributed by atoms with Crippen molar-refractivity contribution in [3.05, 3.63) is 40.6 Å². The molecule has 0 bridgehead atoms. The predicted octanol–water partition coefficient (Wildman–Crippen LogP) is 2.92. The zero-order valence-electron chi connectivity index (χ0n) is 14.0. The van der Waals surface area contributed by atoms with Gasteiger partial charge in [0.05, 0.1) is 23.7 Å². The lowest BCUT2D eigenvalue weighted by Crippen LogP contribution is -2.46. The van der Waals surface area contributed by atoms with Crippen molar-refractivity contribution >= 4 is 23.0 Å². The summed E-state index contributed by atoms with van der Waals surface area (Å²) in [5.74, 6) is 0.00674. The molecule has 0 aliphatic heterocycles. The Labute approximate surface area is 140 Å². The first-order valence-electron chi connectivity index (χ1n) is 7.59. The standard InChI is InChI=1S/C17H23N3O2S/c1-12(21)14-7-13(10-23-14)8-16(22)19-15(17(2,3)4)9-20-6-5-18-11-20/h5-7,10-11,15H,8-9H2,1-4H3,(H,19,22)/t15-/m1/s1. The summed E-state index contributed by atoms with van der Waals surface area (Å²) in [7, 11) is 0. The Morgan fingerprint density at radius 3 is 2.65 bits per heavy atom. The molecule has 2 heterocycles. The topological polar surface area (TPSA) is 64.0 Å². The highest BCUT2D eigenvalue weighted by molar-refractivity contribution is 7.12. The molecule has 0 aromatic carbocycles. The quantitative estimate of drug-likeness (QED) is 0.827. The lowest BCUT2D eigenvalue weighted by atomic mass is 9.86. The molecule has 5 nitrogen and oxygen atoms in total. The van der Waals surface area contributed by atoms with E-state index in [0.29, 0.717) is 17.8 Å². The monoisotopic (exact) mass is 333 g/mol. The third kappa shape index (κ3) is 5.03. The number of aromatic nitrogens is 2. The number of amides is 1. The second-order valence-corrected chi connectivity index (χ2v) is 7.71. The number of ketones is 1. The van der Waals surface area contributed by atoms with Crippen LogP contribution in [0.3, 0.4) is 0 Å². The summed E-state index contributed by atoms with van der Waals surface area (Å²) < 4.78 is 1.97. The van der Waals surface area contributed by atoms with Gasteiger partial charge in [-0.2, -0.15) is 0 Å². The maximum atomic E-state index is 12.4. The Hall–Kier alpha value is -1.95. The third-order valence-corrected chi connectivity index (χ3v) is 4.78. The molecule has 0 aliphatic carbocycles. The number of imidazole rings is 1. The van der Waals surface area contributed by atoms with E-state index in [1.807, 2.05) is 16.1 Å². The molecule has 0 fully saturated rings. The van der Waals surface area contributed by atoms with E-state index in [-0.39, 0.29) is 23.1 Å². The van der Waals surface area contributed by atoms with Crippen LogP contribution in [0, 0.1) is 5.41 Å². The van der Waals surface area contributed by atoms with E-state index in [4.69, 9.17) is 0 Å². The Balaban J connectivity index is 2.00. The van der Waals surface area contributed by atoms with E-state index in [1.54, 1.807) is 18.6 Å². The van der Waals surface area contributed by atoms with Gasteiger partial charge in [-0.15, -0.1) is 11.3 Å². The highest BCUT2D eigenvalue weighted by Crippen LogP contribution is 2.21. The van der Waals surface area contributed by atoms with Crippen LogP contribution in [0.15, 0.2) is 30.2 Å². The van der Waals surface area contributed by atoms with Crippen LogP contribution >= 0.6 is 11.3 Å². The SMILES string of the molecule is CC(=O)c1cc(CC(=O)N[C@H](Cn2ccnc2)C(C)(C)C)cs1. The van der Waals surface area contributed by atoms with Crippen molar-refractivity contribution in [2.45, 2.75) is 46.7 Å².